The van der Waals surface area contributed by atoms with E-state index in [1.165, 1.54) is 25.8 Å². The Bertz CT molecular complexity index is 2410. The van der Waals surface area contributed by atoms with Gasteiger partial charge < -0.3 is 0 Å². The van der Waals surface area contributed by atoms with E-state index in [0.717, 1.165) is 0 Å². The molecule has 0 N–H and O–H groups in total. The maximum atomic E-state index is 15.4. The van der Waals surface area contributed by atoms with Crippen molar-refractivity contribution in [3.63, 3.8) is 0 Å². The Morgan fingerprint density at radius 2 is 0.597 bits per heavy atom. The first-order valence-electron chi connectivity index (χ1n) is 16.9. The largest absolute Gasteiger partial charge is 0.297 e. The van der Waals surface area contributed by atoms with Crippen molar-refractivity contribution < 1.29 is 110 Å². The van der Waals surface area contributed by atoms with Crippen LogP contribution >= 0.6 is 0 Å². The average molecular weight is 1020 g/mol. The van der Waals surface area contributed by atoms with Gasteiger partial charge in [-0.25, -0.2) is 87.8 Å². The standard InChI is InChI=1S/C24BF20.C16H18I/c26-5-1(6(27)14(35)21(42)13(5)34)25(2-7(28)15(36)22(43)16(37)8(2)29,3-9(30)17(38)23(44)18(39)10(3)31)4-11(32)19(40)24(45)20(41)12(4)33;1-11(2)14-8-9-16(17)15(10-14)13-6-4-12(3)5-7-13/h;4-11,17H,1-3H3/q-1;+1. The van der Waals surface area contributed by atoms with Gasteiger partial charge in [-0.05, 0) is 36.1 Å². The highest BCUT2D eigenvalue weighted by atomic mass is 127. The van der Waals surface area contributed by atoms with Crippen molar-refractivity contribution in [2.24, 2.45) is 0 Å². The predicted octanol–water partition coefficient (Wildman–Crippen LogP) is 7.09. The van der Waals surface area contributed by atoms with Crippen LogP contribution in [0.5, 0.6) is 0 Å². The molecule has 6 aromatic rings. The van der Waals surface area contributed by atoms with E-state index in [-0.39, 0.29) is 0 Å². The van der Waals surface area contributed by atoms with Crippen LogP contribution in [0.1, 0.15) is 30.9 Å². The fourth-order valence-corrected chi connectivity index (χ4v) is 7.44. The average Bonchev–Trinajstić information content (AvgIpc) is 3.24. The molecule has 0 aliphatic heterocycles. The van der Waals surface area contributed by atoms with Crippen LogP contribution in [-0.4, -0.2) is 6.15 Å². The van der Waals surface area contributed by atoms with E-state index in [2.05, 4.69) is 85.8 Å². The summed E-state index contributed by atoms with van der Waals surface area (Å²) in [6.45, 7) is 6.61. The van der Waals surface area contributed by atoms with Gasteiger partial charge >= 0.3 is 0 Å². The second-order valence-corrected chi connectivity index (χ2v) is 14.8. The van der Waals surface area contributed by atoms with Gasteiger partial charge in [0.15, 0.2) is 73.4 Å². The number of aryl methyl sites for hydroxylation is 1. The fourth-order valence-electron chi connectivity index (χ4n) is 6.74. The summed E-state index contributed by atoms with van der Waals surface area (Å²) in [4.78, 5) is 0. The predicted molar refractivity (Wildman–Crippen MR) is 180 cm³/mol. The molecule has 328 valence electrons. The zero-order chi connectivity index (χ0) is 46.8. The summed E-state index contributed by atoms with van der Waals surface area (Å²) in [6.07, 6.45) is -7.22. The van der Waals surface area contributed by atoms with Gasteiger partial charge in [0.25, 0.3) is 22.6 Å². The SMILES string of the molecule is Cc1ccc(-c2cc(C(C)C)ccc2[IH+])cc1.Fc1c(F)c(F)c([B-](c2c(F)c(F)c(F)c(F)c2F)(c2c(F)c(F)c(F)c(F)c2F)c2c(F)c(F)c(F)c(F)c2F)c(F)c1F. The maximum absolute atomic E-state index is 15.4. The van der Waals surface area contributed by atoms with Gasteiger partial charge in [-0.15, -0.1) is 21.9 Å². The van der Waals surface area contributed by atoms with Crippen LogP contribution in [0.4, 0.5) is 87.8 Å². The monoisotopic (exact) mass is 1020 g/mol. The minimum absolute atomic E-state index is 0.584. The Hall–Kier alpha value is -5.29. The van der Waals surface area contributed by atoms with Crippen molar-refractivity contribution in [2.45, 2.75) is 26.7 Å². The molecule has 0 aliphatic rings. The summed E-state index contributed by atoms with van der Waals surface area (Å²) in [7, 11) is 0. The van der Waals surface area contributed by atoms with E-state index in [1.807, 2.05) is 0 Å². The summed E-state index contributed by atoms with van der Waals surface area (Å²) < 4.78 is 295. The third-order valence-electron chi connectivity index (χ3n) is 9.74. The number of benzene rings is 6. The first kappa shape index (κ1) is 47.8. The van der Waals surface area contributed by atoms with Gasteiger partial charge in [0.2, 0.25) is 0 Å². The lowest BCUT2D eigenvalue weighted by Crippen LogP contribution is -3.34. The molecule has 0 aliphatic carbocycles. The van der Waals surface area contributed by atoms with E-state index in [0.29, 0.717) is 5.92 Å². The number of rotatable bonds is 6. The Labute approximate surface area is 348 Å². The summed E-state index contributed by atoms with van der Waals surface area (Å²) in [5.41, 5.74) is -8.93. The highest BCUT2D eigenvalue weighted by Crippen LogP contribution is 2.31. The zero-order valence-corrected chi connectivity index (χ0v) is 33.0. The Balaban J connectivity index is 0.000000355. The minimum atomic E-state index is -7.22. The Morgan fingerprint density at radius 3 is 0.839 bits per heavy atom. The third kappa shape index (κ3) is 7.44. The molecule has 0 nitrogen and oxygen atoms in total. The third-order valence-corrected chi connectivity index (χ3v) is 10.8. The molecule has 0 spiro atoms. The van der Waals surface area contributed by atoms with Gasteiger partial charge in [0.05, 0.1) is 0 Å². The summed E-state index contributed by atoms with van der Waals surface area (Å²) in [6, 6.07) is 15.6. The first-order valence-corrected chi connectivity index (χ1v) is 18.1. The number of hydrogen-bond donors (Lipinski definition) is 0. The van der Waals surface area contributed by atoms with Crippen LogP contribution in [0.2, 0.25) is 0 Å². The Kier molecular flexibility index (Phi) is 13.5. The lowest BCUT2D eigenvalue weighted by molar-refractivity contribution is -0.326. The summed E-state index contributed by atoms with van der Waals surface area (Å²) >= 11 is 2.10. The topological polar surface area (TPSA) is 0 Å². The van der Waals surface area contributed by atoms with Crippen LogP contribution < -0.4 is 44.4 Å². The molecular weight excluding hydrogens is 998 g/mol. The summed E-state index contributed by atoms with van der Waals surface area (Å²) in [5, 5.41) is 0. The van der Waals surface area contributed by atoms with Crippen LogP contribution in [0.25, 0.3) is 11.1 Å². The smallest absolute Gasteiger partial charge is 0.207 e. The molecule has 0 radical (unpaired) electrons. The molecule has 0 fully saturated rings. The van der Waals surface area contributed by atoms with E-state index in [9.17, 15) is 52.7 Å². The molecule has 0 heterocycles. The van der Waals surface area contributed by atoms with Gasteiger partial charge in [0.1, 0.15) is 52.7 Å². The van der Waals surface area contributed by atoms with Crippen molar-refractivity contribution in [3.05, 3.63) is 174 Å². The minimum Gasteiger partial charge on any atom is -0.207 e. The molecule has 6 rings (SSSR count). The van der Waals surface area contributed by atoms with E-state index in [1.54, 1.807) is 0 Å². The van der Waals surface area contributed by atoms with Gasteiger partial charge in [-0.1, -0.05) is 49.7 Å². The molecule has 0 atom stereocenters. The number of hydrogen-bond acceptors (Lipinski definition) is 0. The fraction of sp³-hybridized carbons (Fsp3) is 0.100. The molecule has 0 saturated carbocycles. The second-order valence-electron chi connectivity index (χ2n) is 13.6. The summed E-state index contributed by atoms with van der Waals surface area (Å²) in [5.74, 6) is -70.8. The number of halogens is 21. The van der Waals surface area contributed by atoms with Crippen molar-refractivity contribution >= 4 is 28.0 Å². The molecule has 0 bridgehead atoms. The van der Waals surface area contributed by atoms with E-state index < -0.39 is 144 Å². The Morgan fingerprint density at radius 1 is 0.355 bits per heavy atom. The lowest BCUT2D eigenvalue weighted by Gasteiger charge is -2.44. The molecule has 0 aromatic heterocycles. The van der Waals surface area contributed by atoms with Crippen LogP contribution in [0, 0.1) is 127 Å². The van der Waals surface area contributed by atoms with E-state index in [4.69, 9.17) is 0 Å². The van der Waals surface area contributed by atoms with Crippen LogP contribution in [0.15, 0.2) is 42.5 Å². The van der Waals surface area contributed by atoms with Crippen molar-refractivity contribution in [2.75, 3.05) is 0 Å². The zero-order valence-electron chi connectivity index (χ0n) is 30.7. The van der Waals surface area contributed by atoms with Crippen LogP contribution in [0.3, 0.4) is 0 Å². The maximum Gasteiger partial charge on any atom is 0.297 e. The van der Waals surface area contributed by atoms with E-state index >= 15 is 35.1 Å². The van der Waals surface area contributed by atoms with Crippen molar-refractivity contribution in [1.29, 1.82) is 0 Å². The van der Waals surface area contributed by atoms with Crippen molar-refractivity contribution in [1.82, 2.24) is 0 Å². The second kappa shape index (κ2) is 17.5. The van der Waals surface area contributed by atoms with Gasteiger partial charge in [0, 0.05) is 5.56 Å². The highest BCUT2D eigenvalue weighted by Gasteiger charge is 2.52. The quantitative estimate of drug-likeness (QED) is 0.0551. The highest BCUT2D eigenvalue weighted by molar-refractivity contribution is 7.20. The molecule has 6 aromatic carbocycles. The molecule has 22 heteroatoms. The normalized spacial score (nSPS) is 11.7. The van der Waals surface area contributed by atoms with Crippen LogP contribution in [-0.2, 0) is 0 Å². The molecule has 0 unspecified atom stereocenters. The van der Waals surface area contributed by atoms with Gasteiger partial charge in [-0.2, -0.15) is 0 Å². The molecule has 0 saturated heterocycles. The first-order chi connectivity index (χ1) is 28.8. The molecule has 0 amide bonds. The van der Waals surface area contributed by atoms with Gasteiger partial charge in [-0.3, -0.25) is 0 Å². The lowest BCUT2D eigenvalue weighted by atomic mass is 9.12. The molecule has 62 heavy (non-hydrogen) atoms. The molecular formula is C40H18BF20I. The van der Waals surface area contributed by atoms with Crippen molar-refractivity contribution in [3.8, 4) is 11.1 Å².